The Morgan fingerprint density at radius 3 is 2.45 bits per heavy atom. The van der Waals surface area contributed by atoms with Crippen molar-refractivity contribution in [3.8, 4) is 0 Å². The van der Waals surface area contributed by atoms with E-state index in [1.165, 1.54) is 0 Å². The highest BCUT2D eigenvalue weighted by Gasteiger charge is 2.40. The zero-order valence-corrected chi connectivity index (χ0v) is 11.1. The average Bonchev–Trinajstić information content (AvgIpc) is 2.43. The summed E-state index contributed by atoms with van der Waals surface area (Å²) in [6, 6.07) is 3.57. The highest BCUT2D eigenvalue weighted by Crippen LogP contribution is 2.28. The van der Waals surface area contributed by atoms with Crippen molar-refractivity contribution in [2.24, 2.45) is 0 Å². The Bertz CT molecular complexity index is 424. The molecule has 4 nitrogen and oxygen atoms in total. The molecule has 20 heavy (non-hydrogen) atoms. The molecule has 0 unspecified atom stereocenters. The molecule has 0 fully saturated rings. The van der Waals surface area contributed by atoms with Crippen molar-refractivity contribution in [2.45, 2.75) is 5.92 Å². The number of hydrogen-bond acceptors (Lipinski definition) is 3. The van der Waals surface area contributed by atoms with Crippen LogP contribution in [0.5, 0.6) is 0 Å². The molecular weight excluding hydrogens is 273 g/mol. The number of hydrogen-bond donors (Lipinski definition) is 2. The van der Waals surface area contributed by atoms with Gasteiger partial charge in [0.25, 0.3) is 5.91 Å². The maximum absolute atomic E-state index is 13.7. The van der Waals surface area contributed by atoms with Crippen LogP contribution in [0.15, 0.2) is 24.3 Å². The zero-order valence-electron chi connectivity index (χ0n) is 11.1. The highest BCUT2D eigenvalue weighted by molar-refractivity contribution is 5.84. The lowest BCUT2D eigenvalue weighted by Gasteiger charge is -2.16. The van der Waals surface area contributed by atoms with Gasteiger partial charge in [0, 0.05) is 32.3 Å². The quantitative estimate of drug-likeness (QED) is 0.709. The van der Waals surface area contributed by atoms with E-state index in [1.54, 1.807) is 7.11 Å². The second-order valence-electron chi connectivity index (χ2n) is 4.08. The number of halogens is 3. The highest BCUT2D eigenvalue weighted by atomic mass is 19.3. The molecule has 1 aromatic carbocycles. The molecule has 0 aromatic heterocycles. The van der Waals surface area contributed by atoms with E-state index in [0.29, 0.717) is 19.7 Å². The van der Waals surface area contributed by atoms with Crippen molar-refractivity contribution >= 4 is 5.91 Å². The third kappa shape index (κ3) is 4.82. The summed E-state index contributed by atoms with van der Waals surface area (Å²) in [6.45, 7) is 1.49. The lowest BCUT2D eigenvalue weighted by Crippen LogP contribution is -2.41. The van der Waals surface area contributed by atoms with Crippen LogP contribution in [0.4, 0.5) is 13.2 Å². The zero-order chi connectivity index (χ0) is 15.0. The molecule has 0 saturated heterocycles. The van der Waals surface area contributed by atoms with Gasteiger partial charge in [-0.15, -0.1) is 0 Å². The van der Waals surface area contributed by atoms with E-state index in [-0.39, 0.29) is 6.54 Å². The van der Waals surface area contributed by atoms with E-state index in [4.69, 9.17) is 4.74 Å². The number of alkyl halides is 2. The molecule has 0 spiro atoms. The van der Waals surface area contributed by atoms with Gasteiger partial charge in [0.05, 0.1) is 6.61 Å². The predicted molar refractivity (Wildman–Crippen MR) is 68.0 cm³/mol. The molecule has 1 aromatic rings. The number of benzene rings is 1. The molecule has 0 bridgehead atoms. The Morgan fingerprint density at radius 1 is 1.20 bits per heavy atom. The lowest BCUT2D eigenvalue weighted by molar-refractivity contribution is -0.146. The van der Waals surface area contributed by atoms with Crippen molar-refractivity contribution in [2.75, 3.05) is 33.4 Å². The van der Waals surface area contributed by atoms with E-state index in [1.807, 2.05) is 0 Å². The van der Waals surface area contributed by atoms with Crippen LogP contribution in [-0.2, 0) is 15.5 Å². The second-order valence-corrected chi connectivity index (χ2v) is 4.08. The SMILES string of the molecule is COCCNCCNC(=O)C(F)(F)c1ccc(F)cc1. The van der Waals surface area contributed by atoms with E-state index in [9.17, 15) is 18.0 Å². The summed E-state index contributed by atoms with van der Waals surface area (Å²) in [5.41, 5.74) is -0.538. The van der Waals surface area contributed by atoms with Crippen LogP contribution in [-0.4, -0.2) is 39.3 Å². The molecule has 2 N–H and O–H groups in total. The fourth-order valence-electron chi connectivity index (χ4n) is 1.46. The van der Waals surface area contributed by atoms with Gasteiger partial charge in [-0.25, -0.2) is 4.39 Å². The first-order valence-corrected chi connectivity index (χ1v) is 6.10. The molecule has 112 valence electrons. The average molecular weight is 290 g/mol. The van der Waals surface area contributed by atoms with Gasteiger partial charge < -0.3 is 15.4 Å². The molecule has 0 atom stereocenters. The first-order valence-electron chi connectivity index (χ1n) is 6.10. The van der Waals surface area contributed by atoms with Gasteiger partial charge in [0.1, 0.15) is 5.82 Å². The Morgan fingerprint density at radius 2 is 1.85 bits per heavy atom. The van der Waals surface area contributed by atoms with Crippen LogP contribution >= 0.6 is 0 Å². The molecule has 1 amide bonds. The summed E-state index contributed by atoms with van der Waals surface area (Å²) < 4.78 is 44.9. The summed E-state index contributed by atoms with van der Waals surface area (Å²) in [6.07, 6.45) is 0. The second kappa shape index (κ2) is 7.86. The number of ether oxygens (including phenoxy) is 1. The fourth-order valence-corrected chi connectivity index (χ4v) is 1.46. The summed E-state index contributed by atoms with van der Waals surface area (Å²) >= 11 is 0. The fraction of sp³-hybridized carbons (Fsp3) is 0.462. The minimum absolute atomic E-state index is 0.0688. The summed E-state index contributed by atoms with van der Waals surface area (Å²) in [4.78, 5) is 11.4. The largest absolute Gasteiger partial charge is 0.383 e. The molecular formula is C13H17F3N2O2. The van der Waals surface area contributed by atoms with Crippen LogP contribution in [0, 0.1) is 5.82 Å². The van der Waals surface area contributed by atoms with Crippen LogP contribution < -0.4 is 10.6 Å². The first kappa shape index (κ1) is 16.5. The third-order valence-electron chi connectivity index (χ3n) is 2.56. The third-order valence-corrected chi connectivity index (χ3v) is 2.56. The number of methoxy groups -OCH3 is 1. The van der Waals surface area contributed by atoms with Crippen molar-refractivity contribution < 1.29 is 22.7 Å². The van der Waals surface area contributed by atoms with Gasteiger partial charge >= 0.3 is 5.92 Å². The number of nitrogens with one attached hydrogen (secondary N) is 2. The summed E-state index contributed by atoms with van der Waals surface area (Å²) in [7, 11) is 1.55. The smallest absolute Gasteiger partial charge is 0.349 e. The molecule has 7 heteroatoms. The number of carbonyl (C=O) groups is 1. The van der Waals surface area contributed by atoms with Crippen molar-refractivity contribution in [1.82, 2.24) is 10.6 Å². The predicted octanol–water partition coefficient (Wildman–Crippen LogP) is 1.27. The van der Waals surface area contributed by atoms with E-state index >= 15 is 0 Å². The molecule has 0 aliphatic heterocycles. The molecule has 0 radical (unpaired) electrons. The number of rotatable bonds is 8. The molecule has 0 aliphatic rings. The van der Waals surface area contributed by atoms with Crippen LogP contribution in [0.25, 0.3) is 0 Å². The van der Waals surface area contributed by atoms with Gasteiger partial charge in [-0.1, -0.05) is 0 Å². The normalized spacial score (nSPS) is 11.4. The van der Waals surface area contributed by atoms with Gasteiger partial charge in [0.15, 0.2) is 0 Å². The standard InChI is InChI=1S/C13H17F3N2O2/c1-20-9-8-17-6-7-18-12(19)13(15,16)10-2-4-11(14)5-3-10/h2-5,17H,6-9H2,1H3,(H,18,19). The minimum atomic E-state index is -3.68. The molecule has 0 saturated carbocycles. The molecule has 0 heterocycles. The molecule has 1 rings (SSSR count). The van der Waals surface area contributed by atoms with Gasteiger partial charge in [-0.05, 0) is 24.3 Å². The Hall–Kier alpha value is -1.60. The Labute approximate surface area is 115 Å². The van der Waals surface area contributed by atoms with Gasteiger partial charge in [0.2, 0.25) is 0 Å². The first-order chi connectivity index (χ1) is 9.48. The van der Waals surface area contributed by atoms with Crippen molar-refractivity contribution in [3.63, 3.8) is 0 Å². The van der Waals surface area contributed by atoms with Crippen LogP contribution in [0.1, 0.15) is 5.56 Å². The number of carbonyl (C=O) groups excluding carboxylic acids is 1. The topological polar surface area (TPSA) is 50.4 Å². The monoisotopic (exact) mass is 290 g/mol. The number of amides is 1. The van der Waals surface area contributed by atoms with Crippen molar-refractivity contribution in [3.05, 3.63) is 35.6 Å². The maximum atomic E-state index is 13.7. The summed E-state index contributed by atoms with van der Waals surface area (Å²) in [5, 5.41) is 5.03. The minimum Gasteiger partial charge on any atom is -0.383 e. The van der Waals surface area contributed by atoms with Crippen LogP contribution in [0.3, 0.4) is 0 Å². The van der Waals surface area contributed by atoms with E-state index < -0.39 is 23.2 Å². The Kier molecular flexibility index (Phi) is 6.47. The Balaban J connectivity index is 2.43. The van der Waals surface area contributed by atoms with Crippen molar-refractivity contribution in [1.29, 1.82) is 0 Å². The molecule has 0 aliphatic carbocycles. The van der Waals surface area contributed by atoms with E-state index in [0.717, 1.165) is 24.3 Å². The van der Waals surface area contributed by atoms with E-state index in [2.05, 4.69) is 10.6 Å². The maximum Gasteiger partial charge on any atom is 0.349 e. The lowest BCUT2D eigenvalue weighted by atomic mass is 10.1. The van der Waals surface area contributed by atoms with Crippen LogP contribution in [0.2, 0.25) is 0 Å². The van der Waals surface area contributed by atoms with Gasteiger partial charge in [-0.3, -0.25) is 4.79 Å². The van der Waals surface area contributed by atoms with Gasteiger partial charge in [-0.2, -0.15) is 8.78 Å². The summed E-state index contributed by atoms with van der Waals surface area (Å²) in [5.74, 6) is -5.72.